The Morgan fingerprint density at radius 2 is 1.90 bits per heavy atom. The van der Waals surface area contributed by atoms with Crippen molar-refractivity contribution in [2.75, 3.05) is 0 Å². The highest BCUT2D eigenvalue weighted by Gasteiger charge is 2.33. The van der Waals surface area contributed by atoms with Crippen LogP contribution in [0.2, 0.25) is 0 Å². The van der Waals surface area contributed by atoms with Crippen molar-refractivity contribution in [3.63, 3.8) is 0 Å². The van der Waals surface area contributed by atoms with Gasteiger partial charge in [0.15, 0.2) is 10.9 Å². The molecule has 2 aromatic rings. The van der Waals surface area contributed by atoms with E-state index >= 15 is 0 Å². The molecule has 0 spiro atoms. The zero-order chi connectivity index (χ0) is 14.8. The summed E-state index contributed by atoms with van der Waals surface area (Å²) < 4.78 is 37.8. The Balaban J connectivity index is 2.26. The number of aromatic nitrogens is 2. The number of hydrogen-bond acceptors (Lipinski definition) is 3. The Bertz CT molecular complexity index is 640. The van der Waals surface area contributed by atoms with Gasteiger partial charge in [-0.25, -0.2) is 4.98 Å². The highest BCUT2D eigenvalue weighted by atomic mass is 32.2. The Morgan fingerprint density at radius 1 is 1.25 bits per heavy atom. The lowest BCUT2D eigenvalue weighted by Crippen LogP contribution is -2.16. The minimum Gasteiger partial charge on any atom is -0.301 e. The van der Waals surface area contributed by atoms with Gasteiger partial charge in [-0.15, -0.1) is 0 Å². The molecule has 106 valence electrons. The van der Waals surface area contributed by atoms with Gasteiger partial charge in [0.25, 0.3) is 5.56 Å². The zero-order valence-electron chi connectivity index (χ0n) is 10.4. The molecule has 0 amide bonds. The van der Waals surface area contributed by atoms with Gasteiger partial charge in [0.1, 0.15) is 0 Å². The minimum atomic E-state index is -4.63. The lowest BCUT2D eigenvalue weighted by molar-refractivity contribution is -0.141. The van der Waals surface area contributed by atoms with E-state index < -0.39 is 17.4 Å². The second kappa shape index (κ2) is 5.70. The van der Waals surface area contributed by atoms with Crippen molar-refractivity contribution in [2.45, 2.75) is 23.5 Å². The standard InChI is InChI=1S/C13H11F3N2OS/c1-8(9-5-3-2-4-6-9)20-12-17-10(13(14,15)16)7-11(19)18-12/h2-8H,1H3,(H,17,18,19)/t8-/m1/s1. The fourth-order valence-electron chi connectivity index (χ4n) is 1.60. The smallest absolute Gasteiger partial charge is 0.301 e. The van der Waals surface area contributed by atoms with E-state index in [-0.39, 0.29) is 10.4 Å². The molecule has 0 bridgehead atoms. The third-order valence-electron chi connectivity index (χ3n) is 2.57. The molecule has 1 aromatic carbocycles. The van der Waals surface area contributed by atoms with E-state index in [0.29, 0.717) is 6.07 Å². The van der Waals surface area contributed by atoms with Crippen molar-refractivity contribution in [1.29, 1.82) is 0 Å². The summed E-state index contributed by atoms with van der Waals surface area (Å²) in [6.45, 7) is 1.83. The molecule has 0 aliphatic carbocycles. The molecule has 1 atom stereocenters. The van der Waals surface area contributed by atoms with E-state index in [1.54, 1.807) is 0 Å². The highest BCUT2D eigenvalue weighted by molar-refractivity contribution is 7.99. The summed E-state index contributed by atoms with van der Waals surface area (Å²) in [6, 6.07) is 9.72. The van der Waals surface area contributed by atoms with Gasteiger partial charge in [-0.2, -0.15) is 13.2 Å². The van der Waals surface area contributed by atoms with Crippen LogP contribution in [0.5, 0.6) is 0 Å². The predicted octanol–water partition coefficient (Wildman–Crippen LogP) is 3.64. The van der Waals surface area contributed by atoms with Crippen molar-refractivity contribution < 1.29 is 13.2 Å². The zero-order valence-corrected chi connectivity index (χ0v) is 11.3. The van der Waals surface area contributed by atoms with E-state index in [2.05, 4.69) is 9.97 Å². The number of H-pyrrole nitrogens is 1. The largest absolute Gasteiger partial charge is 0.433 e. The number of nitrogens with one attached hydrogen (secondary N) is 1. The summed E-state index contributed by atoms with van der Waals surface area (Å²) in [5, 5.41) is -0.163. The number of nitrogens with zero attached hydrogens (tertiary/aromatic N) is 1. The Labute approximate surface area is 117 Å². The summed E-state index contributed by atoms with van der Waals surface area (Å²) in [7, 11) is 0. The van der Waals surface area contributed by atoms with Crippen LogP contribution < -0.4 is 5.56 Å². The molecule has 2 rings (SSSR count). The van der Waals surface area contributed by atoms with E-state index in [1.807, 2.05) is 37.3 Å². The van der Waals surface area contributed by atoms with Gasteiger partial charge in [-0.05, 0) is 12.5 Å². The number of halogens is 3. The molecular weight excluding hydrogens is 289 g/mol. The SMILES string of the molecule is C[C@@H](Sc1nc(C(F)(F)F)cc(=O)[nH]1)c1ccccc1. The van der Waals surface area contributed by atoms with Crippen LogP contribution in [0, 0.1) is 0 Å². The van der Waals surface area contributed by atoms with Crippen molar-refractivity contribution in [2.24, 2.45) is 0 Å². The van der Waals surface area contributed by atoms with Gasteiger partial charge < -0.3 is 4.98 Å². The van der Waals surface area contributed by atoms with E-state index in [4.69, 9.17) is 0 Å². The van der Waals surface area contributed by atoms with Gasteiger partial charge in [0.2, 0.25) is 0 Å². The van der Waals surface area contributed by atoms with E-state index in [9.17, 15) is 18.0 Å². The van der Waals surface area contributed by atoms with Gasteiger partial charge in [0.05, 0.1) is 0 Å². The molecule has 0 saturated heterocycles. The number of thioether (sulfide) groups is 1. The summed E-state index contributed by atoms with van der Waals surface area (Å²) >= 11 is 1.07. The second-order valence-electron chi connectivity index (χ2n) is 4.10. The monoisotopic (exact) mass is 300 g/mol. The number of hydrogen-bond donors (Lipinski definition) is 1. The Kier molecular flexibility index (Phi) is 4.17. The highest BCUT2D eigenvalue weighted by Crippen LogP contribution is 2.33. The van der Waals surface area contributed by atoms with Crippen molar-refractivity contribution >= 4 is 11.8 Å². The summed E-state index contributed by atoms with van der Waals surface area (Å²) in [5.74, 6) is 0. The Hall–Kier alpha value is -1.76. The lowest BCUT2D eigenvalue weighted by Gasteiger charge is -2.12. The average Bonchev–Trinajstić information content (AvgIpc) is 2.38. The molecule has 20 heavy (non-hydrogen) atoms. The van der Waals surface area contributed by atoms with E-state index in [0.717, 1.165) is 17.3 Å². The molecule has 7 heteroatoms. The molecule has 1 heterocycles. The predicted molar refractivity (Wildman–Crippen MR) is 70.6 cm³/mol. The molecule has 0 aliphatic rings. The maximum absolute atomic E-state index is 12.6. The number of aromatic amines is 1. The molecule has 3 nitrogen and oxygen atoms in total. The Morgan fingerprint density at radius 3 is 2.50 bits per heavy atom. The normalized spacial score (nSPS) is 13.2. The lowest BCUT2D eigenvalue weighted by atomic mass is 10.2. The second-order valence-corrected chi connectivity index (χ2v) is 5.43. The molecule has 1 aromatic heterocycles. The van der Waals surface area contributed by atoms with Crippen LogP contribution >= 0.6 is 11.8 Å². The summed E-state index contributed by atoms with van der Waals surface area (Å²) in [4.78, 5) is 17.0. The molecule has 0 saturated carbocycles. The van der Waals surface area contributed by atoms with Crippen molar-refractivity contribution in [3.05, 3.63) is 58.0 Å². The fourth-order valence-corrected chi connectivity index (χ4v) is 2.53. The van der Waals surface area contributed by atoms with Crippen LogP contribution in [0.25, 0.3) is 0 Å². The van der Waals surface area contributed by atoms with Gasteiger partial charge in [-0.3, -0.25) is 4.79 Å². The molecule has 0 radical (unpaired) electrons. The van der Waals surface area contributed by atoms with Crippen LogP contribution in [-0.4, -0.2) is 9.97 Å². The average molecular weight is 300 g/mol. The van der Waals surface area contributed by atoms with Gasteiger partial charge in [0, 0.05) is 11.3 Å². The first-order chi connectivity index (χ1) is 9.36. The third kappa shape index (κ3) is 3.63. The van der Waals surface area contributed by atoms with Crippen LogP contribution in [0.3, 0.4) is 0 Å². The number of alkyl halides is 3. The first-order valence-electron chi connectivity index (χ1n) is 5.76. The molecule has 1 N–H and O–H groups in total. The number of benzene rings is 1. The topological polar surface area (TPSA) is 45.8 Å². The minimum absolute atomic E-state index is 0.0406. The maximum atomic E-state index is 12.6. The quantitative estimate of drug-likeness (QED) is 0.695. The van der Waals surface area contributed by atoms with E-state index in [1.165, 1.54) is 0 Å². The first kappa shape index (κ1) is 14.6. The van der Waals surface area contributed by atoms with Gasteiger partial charge >= 0.3 is 6.18 Å². The molecule has 0 fully saturated rings. The first-order valence-corrected chi connectivity index (χ1v) is 6.64. The van der Waals surface area contributed by atoms with Crippen LogP contribution in [-0.2, 0) is 6.18 Å². The van der Waals surface area contributed by atoms with Crippen LogP contribution in [0.1, 0.15) is 23.4 Å². The number of rotatable bonds is 3. The molecular formula is C13H11F3N2OS. The molecule has 0 aliphatic heterocycles. The molecule has 0 unspecified atom stereocenters. The van der Waals surface area contributed by atoms with Crippen LogP contribution in [0.4, 0.5) is 13.2 Å². The fraction of sp³-hybridized carbons (Fsp3) is 0.231. The van der Waals surface area contributed by atoms with Crippen molar-refractivity contribution in [3.8, 4) is 0 Å². The maximum Gasteiger partial charge on any atom is 0.433 e. The summed E-state index contributed by atoms with van der Waals surface area (Å²) in [6.07, 6.45) is -4.63. The third-order valence-corrected chi connectivity index (χ3v) is 3.61. The van der Waals surface area contributed by atoms with Gasteiger partial charge in [-0.1, -0.05) is 42.1 Å². The van der Waals surface area contributed by atoms with Crippen LogP contribution in [0.15, 0.2) is 46.3 Å². The van der Waals surface area contributed by atoms with Crippen molar-refractivity contribution in [1.82, 2.24) is 9.97 Å². The summed E-state index contributed by atoms with van der Waals surface area (Å²) in [5.41, 5.74) is -1.04.